The number of hydrogen-bond donors (Lipinski definition) is 0. The predicted molar refractivity (Wildman–Crippen MR) is 121 cm³/mol. The van der Waals surface area contributed by atoms with Gasteiger partial charge < -0.3 is 14.5 Å². The van der Waals surface area contributed by atoms with Crippen molar-refractivity contribution in [2.24, 2.45) is 0 Å². The van der Waals surface area contributed by atoms with E-state index in [-0.39, 0.29) is 18.4 Å². The number of likely N-dealkylation sites (N-methyl/N-ethyl adjacent to an activating group) is 1. The maximum atomic E-state index is 13.3. The van der Waals surface area contributed by atoms with Crippen LogP contribution >= 0.6 is 0 Å². The number of benzene rings is 1. The summed E-state index contributed by atoms with van der Waals surface area (Å²) in [6.07, 6.45) is 7.10. The monoisotopic (exact) mass is 430 g/mol. The van der Waals surface area contributed by atoms with E-state index >= 15 is 0 Å². The standard InChI is InChI=1S/C25H26N4O3/c1-28(2)24(31)25(16-19-5-3-6-21(15-19)22-7-4-10-27-17-22)18-29(13-14-32-25)23(30)20-8-11-26-12-9-20/h3-12,15,17H,13-14,16,18H2,1-2H3. The average molecular weight is 431 g/mol. The average Bonchev–Trinajstić information content (AvgIpc) is 2.84. The van der Waals surface area contributed by atoms with E-state index in [2.05, 4.69) is 16.0 Å². The van der Waals surface area contributed by atoms with Gasteiger partial charge in [0.25, 0.3) is 11.8 Å². The first-order valence-electron chi connectivity index (χ1n) is 10.5. The molecule has 4 rings (SSSR count). The van der Waals surface area contributed by atoms with Crippen LogP contribution < -0.4 is 0 Å². The zero-order valence-corrected chi connectivity index (χ0v) is 18.3. The van der Waals surface area contributed by atoms with Crippen LogP contribution in [-0.4, -0.2) is 71.0 Å². The van der Waals surface area contributed by atoms with Gasteiger partial charge in [-0.15, -0.1) is 0 Å². The lowest BCUT2D eigenvalue weighted by molar-refractivity contribution is -0.165. The Hall–Kier alpha value is -3.58. The molecule has 0 radical (unpaired) electrons. The summed E-state index contributed by atoms with van der Waals surface area (Å²) in [6.45, 7) is 0.903. The van der Waals surface area contributed by atoms with Crippen molar-refractivity contribution in [3.8, 4) is 11.1 Å². The van der Waals surface area contributed by atoms with E-state index in [0.717, 1.165) is 16.7 Å². The molecule has 1 aromatic carbocycles. The molecule has 1 unspecified atom stereocenters. The fourth-order valence-electron chi connectivity index (χ4n) is 4.08. The van der Waals surface area contributed by atoms with E-state index in [0.29, 0.717) is 25.1 Å². The molecule has 7 heteroatoms. The second-order valence-electron chi connectivity index (χ2n) is 8.12. The van der Waals surface area contributed by atoms with Crippen molar-refractivity contribution in [3.63, 3.8) is 0 Å². The third kappa shape index (κ3) is 4.53. The van der Waals surface area contributed by atoms with Crippen LogP contribution in [-0.2, 0) is 16.0 Å². The molecule has 1 aliphatic rings. The third-order valence-corrected chi connectivity index (χ3v) is 5.61. The molecule has 3 aromatic rings. The molecule has 0 saturated carbocycles. The molecule has 0 spiro atoms. The van der Waals surface area contributed by atoms with E-state index in [1.54, 1.807) is 49.7 Å². The van der Waals surface area contributed by atoms with Crippen molar-refractivity contribution in [1.82, 2.24) is 19.8 Å². The third-order valence-electron chi connectivity index (χ3n) is 5.61. The van der Waals surface area contributed by atoms with E-state index in [1.165, 1.54) is 4.90 Å². The Morgan fingerprint density at radius 2 is 1.81 bits per heavy atom. The van der Waals surface area contributed by atoms with Crippen molar-refractivity contribution in [1.29, 1.82) is 0 Å². The van der Waals surface area contributed by atoms with E-state index in [9.17, 15) is 9.59 Å². The lowest BCUT2D eigenvalue weighted by atomic mass is 9.89. The summed E-state index contributed by atoms with van der Waals surface area (Å²) in [5.41, 5.74) is 2.37. The number of ether oxygens (including phenoxy) is 1. The Kier molecular flexibility index (Phi) is 6.28. The Balaban J connectivity index is 1.64. The summed E-state index contributed by atoms with van der Waals surface area (Å²) in [4.78, 5) is 37.8. The molecule has 1 saturated heterocycles. The number of morpholine rings is 1. The number of amides is 2. The van der Waals surface area contributed by atoms with Crippen molar-refractivity contribution >= 4 is 11.8 Å². The van der Waals surface area contributed by atoms with Gasteiger partial charge in [0.15, 0.2) is 5.60 Å². The number of aromatic nitrogens is 2. The quantitative estimate of drug-likeness (QED) is 0.622. The minimum absolute atomic E-state index is 0.129. The van der Waals surface area contributed by atoms with Gasteiger partial charge in [-0.05, 0) is 34.9 Å². The Morgan fingerprint density at radius 1 is 1.03 bits per heavy atom. The van der Waals surface area contributed by atoms with Gasteiger partial charge in [0.2, 0.25) is 0 Å². The van der Waals surface area contributed by atoms with Gasteiger partial charge in [-0.2, -0.15) is 0 Å². The Morgan fingerprint density at radius 3 is 2.53 bits per heavy atom. The highest BCUT2D eigenvalue weighted by Crippen LogP contribution is 2.28. The molecule has 3 heterocycles. The summed E-state index contributed by atoms with van der Waals surface area (Å²) in [5, 5.41) is 0. The van der Waals surface area contributed by atoms with Crippen LogP contribution in [0.2, 0.25) is 0 Å². The van der Waals surface area contributed by atoms with Gasteiger partial charge in [0.05, 0.1) is 13.2 Å². The van der Waals surface area contributed by atoms with Crippen LogP contribution in [0.3, 0.4) is 0 Å². The molecule has 0 aliphatic carbocycles. The van der Waals surface area contributed by atoms with Crippen LogP contribution in [0.5, 0.6) is 0 Å². The Labute approximate surface area is 187 Å². The highest BCUT2D eigenvalue weighted by Gasteiger charge is 2.46. The normalized spacial score (nSPS) is 18.2. The summed E-state index contributed by atoms with van der Waals surface area (Å²) >= 11 is 0. The largest absolute Gasteiger partial charge is 0.361 e. The van der Waals surface area contributed by atoms with Crippen LogP contribution in [0.4, 0.5) is 0 Å². The zero-order valence-electron chi connectivity index (χ0n) is 18.3. The molecule has 7 nitrogen and oxygen atoms in total. The van der Waals surface area contributed by atoms with E-state index < -0.39 is 5.60 Å². The Bertz CT molecular complexity index is 1090. The SMILES string of the molecule is CN(C)C(=O)C1(Cc2cccc(-c3cccnc3)c2)CN(C(=O)c2ccncc2)CCO1. The van der Waals surface area contributed by atoms with Gasteiger partial charge in [0.1, 0.15) is 0 Å². The first kappa shape index (κ1) is 21.6. The van der Waals surface area contributed by atoms with Gasteiger partial charge >= 0.3 is 0 Å². The van der Waals surface area contributed by atoms with Crippen molar-refractivity contribution in [2.45, 2.75) is 12.0 Å². The summed E-state index contributed by atoms with van der Waals surface area (Å²) in [6, 6.07) is 15.3. The van der Waals surface area contributed by atoms with Crippen LogP contribution in [0.1, 0.15) is 15.9 Å². The molecule has 0 N–H and O–H groups in total. The molecule has 32 heavy (non-hydrogen) atoms. The van der Waals surface area contributed by atoms with Crippen molar-refractivity contribution in [2.75, 3.05) is 33.8 Å². The molecule has 164 valence electrons. The molecular weight excluding hydrogens is 404 g/mol. The highest BCUT2D eigenvalue weighted by atomic mass is 16.5. The van der Waals surface area contributed by atoms with Gasteiger partial charge in [-0.3, -0.25) is 19.6 Å². The van der Waals surface area contributed by atoms with Gasteiger partial charge in [-0.1, -0.05) is 30.3 Å². The van der Waals surface area contributed by atoms with Crippen LogP contribution in [0.15, 0.2) is 73.3 Å². The first-order valence-corrected chi connectivity index (χ1v) is 10.5. The predicted octanol–water partition coefficient (Wildman–Crippen LogP) is 2.69. The number of carbonyl (C=O) groups excluding carboxylic acids is 2. The number of hydrogen-bond acceptors (Lipinski definition) is 5. The van der Waals surface area contributed by atoms with Gasteiger partial charge in [0, 0.05) is 57.4 Å². The number of pyridine rings is 2. The van der Waals surface area contributed by atoms with Crippen molar-refractivity contribution in [3.05, 3.63) is 84.4 Å². The lowest BCUT2D eigenvalue weighted by Gasteiger charge is -2.43. The maximum Gasteiger partial charge on any atom is 0.256 e. The topological polar surface area (TPSA) is 75.6 Å². The number of rotatable bonds is 5. The molecule has 0 bridgehead atoms. The first-order chi connectivity index (χ1) is 15.5. The van der Waals surface area contributed by atoms with Gasteiger partial charge in [-0.25, -0.2) is 0 Å². The number of nitrogens with zero attached hydrogens (tertiary/aromatic N) is 4. The smallest absolute Gasteiger partial charge is 0.256 e. The molecule has 2 aromatic heterocycles. The lowest BCUT2D eigenvalue weighted by Crippen LogP contribution is -2.61. The summed E-state index contributed by atoms with van der Waals surface area (Å²) < 4.78 is 6.14. The molecular formula is C25H26N4O3. The van der Waals surface area contributed by atoms with Crippen LogP contribution in [0.25, 0.3) is 11.1 Å². The van der Waals surface area contributed by atoms with E-state index in [1.807, 2.05) is 36.5 Å². The number of carbonyl (C=O) groups is 2. The molecule has 1 fully saturated rings. The summed E-state index contributed by atoms with van der Waals surface area (Å²) in [5.74, 6) is -0.285. The summed E-state index contributed by atoms with van der Waals surface area (Å²) in [7, 11) is 3.42. The fourth-order valence-corrected chi connectivity index (χ4v) is 4.08. The molecule has 1 atom stereocenters. The van der Waals surface area contributed by atoms with Crippen LogP contribution in [0, 0.1) is 0 Å². The minimum atomic E-state index is -1.15. The molecule has 2 amide bonds. The maximum absolute atomic E-state index is 13.3. The highest BCUT2D eigenvalue weighted by molar-refractivity contribution is 5.95. The second-order valence-corrected chi connectivity index (χ2v) is 8.12. The van der Waals surface area contributed by atoms with E-state index in [4.69, 9.17) is 4.74 Å². The fraction of sp³-hybridized carbons (Fsp3) is 0.280. The zero-order chi connectivity index (χ0) is 22.6. The minimum Gasteiger partial charge on any atom is -0.361 e. The second kappa shape index (κ2) is 9.28. The molecule has 1 aliphatic heterocycles. The van der Waals surface area contributed by atoms with Crippen molar-refractivity contribution < 1.29 is 14.3 Å².